The molecule has 0 saturated carbocycles. The third-order valence-corrected chi connectivity index (χ3v) is 1.62. The van der Waals surface area contributed by atoms with E-state index in [1.54, 1.807) is 6.07 Å². The van der Waals surface area contributed by atoms with Crippen LogP contribution in [0.25, 0.3) is 0 Å². The van der Waals surface area contributed by atoms with Crippen molar-refractivity contribution in [1.29, 1.82) is 0 Å². The summed E-state index contributed by atoms with van der Waals surface area (Å²) in [6.07, 6.45) is 4.77. The van der Waals surface area contributed by atoms with Crippen LogP contribution in [0.2, 0.25) is 0 Å². The SMILES string of the molecule is CCCCCOOc1nccc(N)n1. The van der Waals surface area contributed by atoms with Crippen molar-refractivity contribution in [2.24, 2.45) is 0 Å². The van der Waals surface area contributed by atoms with Crippen LogP contribution in [-0.2, 0) is 4.89 Å². The first-order valence-electron chi connectivity index (χ1n) is 4.71. The quantitative estimate of drug-likeness (QED) is 0.425. The highest BCUT2D eigenvalue weighted by Crippen LogP contribution is 2.04. The summed E-state index contributed by atoms with van der Waals surface area (Å²) >= 11 is 0. The lowest BCUT2D eigenvalue weighted by Crippen LogP contribution is -2.03. The Kier molecular flexibility index (Phi) is 4.71. The van der Waals surface area contributed by atoms with Gasteiger partial charge in [-0.1, -0.05) is 19.8 Å². The highest BCUT2D eigenvalue weighted by atomic mass is 17.2. The summed E-state index contributed by atoms with van der Waals surface area (Å²) in [5, 5.41) is 0. The third-order valence-electron chi connectivity index (χ3n) is 1.62. The Morgan fingerprint density at radius 1 is 1.43 bits per heavy atom. The van der Waals surface area contributed by atoms with Crippen LogP contribution in [0.15, 0.2) is 12.3 Å². The molecule has 14 heavy (non-hydrogen) atoms. The minimum absolute atomic E-state index is 0.154. The van der Waals surface area contributed by atoms with E-state index in [0.29, 0.717) is 12.4 Å². The zero-order valence-corrected chi connectivity index (χ0v) is 8.27. The molecule has 5 heteroatoms. The lowest BCUT2D eigenvalue weighted by atomic mass is 10.3. The molecule has 0 saturated heterocycles. The second-order valence-electron chi connectivity index (χ2n) is 2.88. The van der Waals surface area contributed by atoms with Gasteiger partial charge >= 0.3 is 6.01 Å². The average Bonchev–Trinajstić information content (AvgIpc) is 2.18. The van der Waals surface area contributed by atoms with Crippen LogP contribution in [-0.4, -0.2) is 16.6 Å². The molecule has 0 aromatic carbocycles. The average molecular weight is 197 g/mol. The monoisotopic (exact) mass is 197 g/mol. The van der Waals surface area contributed by atoms with Gasteiger partial charge < -0.3 is 5.73 Å². The lowest BCUT2D eigenvalue weighted by Gasteiger charge is -2.02. The van der Waals surface area contributed by atoms with E-state index < -0.39 is 0 Å². The fourth-order valence-electron chi connectivity index (χ4n) is 0.899. The Morgan fingerprint density at radius 3 is 3.00 bits per heavy atom. The van der Waals surface area contributed by atoms with Gasteiger partial charge in [0.1, 0.15) is 5.82 Å². The number of hydrogen-bond donors (Lipinski definition) is 1. The highest BCUT2D eigenvalue weighted by Gasteiger charge is 1.98. The van der Waals surface area contributed by atoms with Gasteiger partial charge in [-0.25, -0.2) is 4.98 Å². The number of anilines is 1. The zero-order valence-electron chi connectivity index (χ0n) is 8.27. The number of nitrogens with two attached hydrogens (primary N) is 1. The molecule has 0 atom stereocenters. The van der Waals surface area contributed by atoms with Gasteiger partial charge in [0, 0.05) is 6.20 Å². The Balaban J connectivity index is 2.18. The predicted molar refractivity (Wildman–Crippen MR) is 52.5 cm³/mol. The van der Waals surface area contributed by atoms with Gasteiger partial charge in [0.25, 0.3) is 0 Å². The zero-order chi connectivity index (χ0) is 10.2. The van der Waals surface area contributed by atoms with E-state index in [-0.39, 0.29) is 6.01 Å². The van der Waals surface area contributed by atoms with Gasteiger partial charge in [0.2, 0.25) is 0 Å². The molecule has 0 aliphatic heterocycles. The standard InChI is InChI=1S/C9H15N3O2/c1-2-3-4-7-13-14-9-11-6-5-8(10)12-9/h5-6H,2-4,7H2,1H3,(H2,10,11,12). The molecule has 0 bridgehead atoms. The molecular formula is C9H15N3O2. The summed E-state index contributed by atoms with van der Waals surface area (Å²) in [7, 11) is 0. The van der Waals surface area contributed by atoms with E-state index in [1.165, 1.54) is 6.20 Å². The summed E-state index contributed by atoms with van der Waals surface area (Å²) in [4.78, 5) is 17.4. The Bertz CT molecular complexity index is 268. The van der Waals surface area contributed by atoms with Crippen molar-refractivity contribution in [3.05, 3.63) is 12.3 Å². The van der Waals surface area contributed by atoms with Gasteiger partial charge in [-0.15, -0.1) is 0 Å². The van der Waals surface area contributed by atoms with Crippen LogP contribution in [0.1, 0.15) is 26.2 Å². The molecule has 0 aliphatic rings. The van der Waals surface area contributed by atoms with Gasteiger partial charge in [-0.2, -0.15) is 9.87 Å². The number of nitrogen functional groups attached to an aromatic ring is 1. The summed E-state index contributed by atoms with van der Waals surface area (Å²) in [6, 6.07) is 1.74. The maximum Gasteiger partial charge on any atom is 0.355 e. The second-order valence-corrected chi connectivity index (χ2v) is 2.88. The molecule has 0 aliphatic carbocycles. The van der Waals surface area contributed by atoms with Crippen LogP contribution < -0.4 is 10.6 Å². The minimum atomic E-state index is 0.154. The lowest BCUT2D eigenvalue weighted by molar-refractivity contribution is -0.213. The van der Waals surface area contributed by atoms with Crippen LogP contribution >= 0.6 is 0 Å². The maximum absolute atomic E-state index is 5.42. The first-order chi connectivity index (χ1) is 6.83. The first-order valence-corrected chi connectivity index (χ1v) is 4.71. The molecule has 1 heterocycles. The van der Waals surface area contributed by atoms with Crippen LogP contribution in [0.4, 0.5) is 5.82 Å². The molecule has 1 rings (SSSR count). The van der Waals surface area contributed by atoms with Gasteiger partial charge in [0.05, 0.1) is 6.61 Å². The molecule has 1 aromatic rings. The van der Waals surface area contributed by atoms with Crippen molar-refractivity contribution in [3.8, 4) is 6.01 Å². The predicted octanol–water partition coefficient (Wildman–Crippen LogP) is 1.56. The van der Waals surface area contributed by atoms with E-state index in [1.807, 2.05) is 0 Å². The van der Waals surface area contributed by atoms with E-state index in [2.05, 4.69) is 16.9 Å². The molecule has 2 N–H and O–H groups in total. The van der Waals surface area contributed by atoms with E-state index in [0.717, 1.165) is 19.3 Å². The highest BCUT2D eigenvalue weighted by molar-refractivity contribution is 5.26. The van der Waals surface area contributed by atoms with Gasteiger partial charge in [-0.3, -0.25) is 4.89 Å². The fourth-order valence-corrected chi connectivity index (χ4v) is 0.899. The molecule has 0 spiro atoms. The van der Waals surface area contributed by atoms with Gasteiger partial charge in [0.15, 0.2) is 0 Å². The maximum atomic E-state index is 5.42. The van der Waals surface area contributed by atoms with Gasteiger partial charge in [-0.05, 0) is 12.5 Å². The summed E-state index contributed by atoms with van der Waals surface area (Å²) in [5.74, 6) is 0.368. The van der Waals surface area contributed by atoms with Crippen molar-refractivity contribution >= 4 is 5.82 Å². The van der Waals surface area contributed by atoms with Crippen LogP contribution in [0.5, 0.6) is 6.01 Å². The normalized spacial score (nSPS) is 10.1. The summed E-state index contributed by atoms with van der Waals surface area (Å²) < 4.78 is 0. The van der Waals surface area contributed by atoms with Crippen molar-refractivity contribution in [3.63, 3.8) is 0 Å². The van der Waals surface area contributed by atoms with Crippen molar-refractivity contribution in [2.75, 3.05) is 12.3 Å². The number of unbranched alkanes of at least 4 members (excludes halogenated alkanes) is 2. The number of hydrogen-bond acceptors (Lipinski definition) is 5. The van der Waals surface area contributed by atoms with E-state index >= 15 is 0 Å². The minimum Gasteiger partial charge on any atom is -0.383 e. The van der Waals surface area contributed by atoms with Crippen molar-refractivity contribution in [1.82, 2.24) is 9.97 Å². The largest absolute Gasteiger partial charge is 0.383 e. The summed E-state index contributed by atoms with van der Waals surface area (Å²) in [5.41, 5.74) is 5.42. The number of rotatable bonds is 6. The van der Waals surface area contributed by atoms with Crippen LogP contribution in [0.3, 0.4) is 0 Å². The Morgan fingerprint density at radius 2 is 2.29 bits per heavy atom. The smallest absolute Gasteiger partial charge is 0.355 e. The molecule has 78 valence electrons. The Labute approximate surface area is 83.2 Å². The number of aromatic nitrogens is 2. The Hall–Kier alpha value is -1.36. The van der Waals surface area contributed by atoms with E-state index in [4.69, 9.17) is 15.5 Å². The fraction of sp³-hybridized carbons (Fsp3) is 0.556. The molecule has 0 fully saturated rings. The topological polar surface area (TPSA) is 70.3 Å². The third kappa shape index (κ3) is 4.04. The molecule has 5 nitrogen and oxygen atoms in total. The molecule has 0 amide bonds. The molecule has 0 unspecified atom stereocenters. The molecule has 0 radical (unpaired) electrons. The number of nitrogens with zero attached hydrogens (tertiary/aromatic N) is 2. The van der Waals surface area contributed by atoms with Crippen LogP contribution in [0, 0.1) is 0 Å². The summed E-state index contributed by atoms with van der Waals surface area (Å²) in [6.45, 7) is 2.67. The van der Waals surface area contributed by atoms with E-state index in [9.17, 15) is 0 Å². The molecule has 1 aromatic heterocycles. The molecular weight excluding hydrogens is 182 g/mol. The second kappa shape index (κ2) is 6.15. The first kappa shape index (κ1) is 10.7. The van der Waals surface area contributed by atoms with Crippen molar-refractivity contribution < 1.29 is 9.78 Å². The van der Waals surface area contributed by atoms with Crippen molar-refractivity contribution in [2.45, 2.75) is 26.2 Å².